The van der Waals surface area contributed by atoms with Crippen LogP contribution in [0.25, 0.3) is 11.4 Å². The molecule has 1 saturated heterocycles. The molecule has 0 radical (unpaired) electrons. The summed E-state index contributed by atoms with van der Waals surface area (Å²) in [6, 6.07) is 11.0. The number of ketones is 1. The molecule has 5 rings (SSSR count). The molecule has 9 heteroatoms. The van der Waals surface area contributed by atoms with Gasteiger partial charge in [-0.1, -0.05) is 18.2 Å². The number of benzene rings is 1. The lowest BCUT2D eigenvalue weighted by atomic mass is 9.95. The minimum Gasteiger partial charge on any atom is -0.505 e. The zero-order valence-electron chi connectivity index (χ0n) is 20.0. The minimum absolute atomic E-state index is 0.0826. The van der Waals surface area contributed by atoms with E-state index in [1.807, 2.05) is 29.7 Å². The van der Waals surface area contributed by atoms with Crippen molar-refractivity contribution < 1.29 is 24.5 Å². The second-order valence-electron chi connectivity index (χ2n) is 8.65. The Balaban J connectivity index is 1.73. The number of phenols is 1. The van der Waals surface area contributed by atoms with Crippen LogP contribution < -0.4 is 4.74 Å². The van der Waals surface area contributed by atoms with Gasteiger partial charge in [-0.2, -0.15) is 0 Å². The van der Waals surface area contributed by atoms with E-state index in [9.17, 15) is 19.8 Å². The fourth-order valence-corrected chi connectivity index (χ4v) is 4.62. The Bertz CT molecular complexity index is 1540. The van der Waals surface area contributed by atoms with E-state index in [0.717, 1.165) is 11.1 Å². The van der Waals surface area contributed by atoms with Gasteiger partial charge in [-0.3, -0.25) is 14.6 Å². The number of carbonyl (C=O) groups is 2. The van der Waals surface area contributed by atoms with Crippen molar-refractivity contribution in [3.63, 3.8) is 0 Å². The van der Waals surface area contributed by atoms with E-state index < -0.39 is 17.7 Å². The first-order valence-corrected chi connectivity index (χ1v) is 11.3. The molecule has 1 aliphatic heterocycles. The molecule has 0 spiro atoms. The van der Waals surface area contributed by atoms with Gasteiger partial charge in [-0.05, 0) is 54.8 Å². The molecule has 1 amide bonds. The Labute approximate surface area is 206 Å². The first-order chi connectivity index (χ1) is 17.3. The highest BCUT2D eigenvalue weighted by molar-refractivity contribution is 6.46. The number of aryl methyl sites for hydroxylation is 2. The normalized spacial score (nSPS) is 17.2. The Kier molecular flexibility index (Phi) is 5.68. The van der Waals surface area contributed by atoms with Gasteiger partial charge in [0.2, 0.25) is 0 Å². The zero-order valence-corrected chi connectivity index (χ0v) is 20.0. The number of hydrogen-bond donors (Lipinski definition) is 2. The van der Waals surface area contributed by atoms with Crippen molar-refractivity contribution in [2.75, 3.05) is 7.11 Å². The van der Waals surface area contributed by atoms with Crippen LogP contribution in [0.1, 0.15) is 34.1 Å². The molecule has 1 atom stereocenters. The number of nitrogens with zero attached hydrogens (tertiary/aromatic N) is 4. The lowest BCUT2D eigenvalue weighted by Crippen LogP contribution is -2.29. The second-order valence-corrected chi connectivity index (χ2v) is 8.65. The van der Waals surface area contributed by atoms with Crippen LogP contribution in [-0.2, 0) is 16.1 Å². The lowest BCUT2D eigenvalue weighted by molar-refractivity contribution is -0.140. The summed E-state index contributed by atoms with van der Waals surface area (Å²) in [6.07, 6.45) is 5.06. The molecule has 0 bridgehead atoms. The fourth-order valence-electron chi connectivity index (χ4n) is 4.62. The van der Waals surface area contributed by atoms with E-state index in [1.165, 1.54) is 18.1 Å². The SMILES string of the molecule is COc1cc(C2/C(=C(\O)c3nc4c(C)cccn4c3C)C(=O)C(=O)N2Cc2cccnc2)ccc1O. The van der Waals surface area contributed by atoms with E-state index >= 15 is 0 Å². The number of aliphatic hydroxyl groups excluding tert-OH is 1. The maximum absolute atomic E-state index is 13.4. The largest absolute Gasteiger partial charge is 0.505 e. The Morgan fingerprint density at radius 1 is 1.14 bits per heavy atom. The molecule has 2 N–H and O–H groups in total. The summed E-state index contributed by atoms with van der Waals surface area (Å²) >= 11 is 0. The highest BCUT2D eigenvalue weighted by atomic mass is 16.5. The molecule has 9 nitrogen and oxygen atoms in total. The van der Waals surface area contributed by atoms with Gasteiger partial charge in [0.15, 0.2) is 17.3 Å². The quantitative estimate of drug-likeness (QED) is 0.252. The topological polar surface area (TPSA) is 117 Å². The highest BCUT2D eigenvalue weighted by Gasteiger charge is 2.46. The van der Waals surface area contributed by atoms with Crippen LogP contribution >= 0.6 is 0 Å². The first-order valence-electron chi connectivity index (χ1n) is 11.3. The Morgan fingerprint density at radius 2 is 1.94 bits per heavy atom. The number of rotatable bonds is 5. The minimum atomic E-state index is -0.940. The van der Waals surface area contributed by atoms with Crippen molar-refractivity contribution in [1.29, 1.82) is 0 Å². The van der Waals surface area contributed by atoms with Crippen LogP contribution in [0.3, 0.4) is 0 Å². The second kappa shape index (κ2) is 8.84. The number of aliphatic hydroxyl groups is 1. The monoisotopic (exact) mass is 484 g/mol. The summed E-state index contributed by atoms with van der Waals surface area (Å²) in [5, 5.41) is 21.6. The molecule has 182 valence electrons. The Hall–Kier alpha value is -4.66. The number of pyridine rings is 2. The van der Waals surface area contributed by atoms with Gasteiger partial charge in [0.25, 0.3) is 11.7 Å². The summed E-state index contributed by atoms with van der Waals surface area (Å²) in [7, 11) is 1.41. The standard InChI is InChI=1S/C27H24N4O5/c1-15-6-5-11-30-16(2)22(29-26(15)30)24(33)21-23(18-8-9-19(32)20(12-18)36-3)31(27(35)25(21)34)14-17-7-4-10-28-13-17/h4-13,23,32-33H,14H2,1-3H3/b24-21+. The third-order valence-electron chi connectivity index (χ3n) is 6.44. The zero-order chi connectivity index (χ0) is 25.6. The molecule has 1 fully saturated rings. The number of aromatic hydroxyl groups is 1. The fraction of sp³-hybridized carbons (Fsp3) is 0.185. The number of ether oxygens (including phenoxy) is 1. The van der Waals surface area contributed by atoms with E-state index in [0.29, 0.717) is 16.9 Å². The molecule has 0 aliphatic carbocycles. The number of carbonyl (C=O) groups excluding carboxylic acids is 2. The summed E-state index contributed by atoms with van der Waals surface area (Å²) in [4.78, 5) is 36.7. The van der Waals surface area contributed by atoms with Gasteiger partial charge in [0, 0.05) is 25.1 Å². The van der Waals surface area contributed by atoms with Gasteiger partial charge in [-0.15, -0.1) is 0 Å². The molecule has 1 aliphatic rings. The van der Waals surface area contributed by atoms with Crippen LogP contribution in [0.2, 0.25) is 0 Å². The van der Waals surface area contributed by atoms with Crippen molar-refractivity contribution in [1.82, 2.24) is 19.3 Å². The molecule has 4 heterocycles. The third kappa shape index (κ3) is 3.65. The maximum atomic E-state index is 13.4. The smallest absolute Gasteiger partial charge is 0.295 e. The average molecular weight is 485 g/mol. The number of fused-ring (bicyclic) bond motifs is 1. The molecule has 0 saturated carbocycles. The average Bonchev–Trinajstić information content (AvgIpc) is 3.35. The van der Waals surface area contributed by atoms with Crippen LogP contribution in [0.4, 0.5) is 0 Å². The summed E-state index contributed by atoms with van der Waals surface area (Å²) < 4.78 is 7.09. The van der Waals surface area contributed by atoms with Gasteiger partial charge in [0.1, 0.15) is 11.3 Å². The number of imidazole rings is 1. The maximum Gasteiger partial charge on any atom is 0.295 e. The van der Waals surface area contributed by atoms with Crippen molar-refractivity contribution in [3.8, 4) is 11.5 Å². The number of likely N-dealkylation sites (tertiary alicyclic amines) is 1. The number of hydrogen-bond acceptors (Lipinski definition) is 7. The van der Waals surface area contributed by atoms with Crippen molar-refractivity contribution in [3.05, 3.63) is 94.7 Å². The molecular weight excluding hydrogens is 460 g/mol. The van der Waals surface area contributed by atoms with E-state index in [2.05, 4.69) is 9.97 Å². The summed E-state index contributed by atoms with van der Waals surface area (Å²) in [5.74, 6) is -1.84. The first kappa shape index (κ1) is 23.1. The van der Waals surface area contributed by atoms with Crippen LogP contribution in [0, 0.1) is 13.8 Å². The number of phenolic OH excluding ortho intramolecular Hbond substituents is 1. The van der Waals surface area contributed by atoms with Crippen molar-refractivity contribution >= 4 is 23.1 Å². The number of amides is 1. The van der Waals surface area contributed by atoms with E-state index in [1.54, 1.807) is 43.6 Å². The predicted octanol–water partition coefficient (Wildman–Crippen LogP) is 3.68. The number of Topliss-reactive ketones (excluding diaryl/α,β-unsaturated/α-hetero) is 1. The molecule has 3 aromatic heterocycles. The Morgan fingerprint density at radius 3 is 2.64 bits per heavy atom. The van der Waals surface area contributed by atoms with Crippen molar-refractivity contribution in [2.24, 2.45) is 0 Å². The lowest BCUT2D eigenvalue weighted by Gasteiger charge is -2.25. The predicted molar refractivity (Wildman–Crippen MR) is 131 cm³/mol. The van der Waals surface area contributed by atoms with Crippen LogP contribution in [0.5, 0.6) is 11.5 Å². The molecule has 4 aromatic rings. The molecule has 1 aromatic carbocycles. The summed E-state index contributed by atoms with van der Waals surface area (Å²) in [6.45, 7) is 3.78. The van der Waals surface area contributed by atoms with Gasteiger partial charge < -0.3 is 24.3 Å². The molecule has 1 unspecified atom stereocenters. The third-order valence-corrected chi connectivity index (χ3v) is 6.44. The van der Waals surface area contributed by atoms with Gasteiger partial charge in [-0.25, -0.2) is 4.98 Å². The van der Waals surface area contributed by atoms with Gasteiger partial charge >= 0.3 is 0 Å². The van der Waals surface area contributed by atoms with Crippen LogP contribution in [-0.4, -0.2) is 48.3 Å². The van der Waals surface area contributed by atoms with Crippen LogP contribution in [0.15, 0.2) is 66.6 Å². The number of methoxy groups -OCH3 is 1. The van der Waals surface area contributed by atoms with Gasteiger partial charge in [0.05, 0.1) is 24.4 Å². The summed E-state index contributed by atoms with van der Waals surface area (Å²) in [5.41, 5.74) is 3.52. The van der Waals surface area contributed by atoms with E-state index in [4.69, 9.17) is 4.74 Å². The molecular formula is C27H24N4O5. The van der Waals surface area contributed by atoms with E-state index in [-0.39, 0.29) is 35.1 Å². The van der Waals surface area contributed by atoms with Crippen molar-refractivity contribution in [2.45, 2.75) is 26.4 Å². The molecule has 36 heavy (non-hydrogen) atoms. The highest BCUT2D eigenvalue weighted by Crippen LogP contribution is 2.42. The number of aromatic nitrogens is 3.